The number of hydrogen-bond acceptors (Lipinski definition) is 3. The second-order valence-corrected chi connectivity index (χ2v) is 41.4. The molecule has 0 spiro atoms. The highest BCUT2D eigenvalue weighted by Gasteiger charge is 2.37. The summed E-state index contributed by atoms with van der Waals surface area (Å²) in [6, 6.07) is 26.5. The van der Waals surface area contributed by atoms with Crippen LogP contribution in [0.1, 0.15) is 456 Å². The van der Waals surface area contributed by atoms with Crippen LogP contribution in [-0.4, -0.2) is 19.8 Å². The van der Waals surface area contributed by atoms with Gasteiger partial charge in [-0.1, -0.05) is 301 Å². The summed E-state index contributed by atoms with van der Waals surface area (Å²) in [4.78, 5) is 0. The van der Waals surface area contributed by atoms with Crippen molar-refractivity contribution in [2.75, 3.05) is 19.8 Å². The van der Waals surface area contributed by atoms with Gasteiger partial charge in [-0.2, -0.15) is 13.2 Å². The quantitative estimate of drug-likeness (QED) is 0.0327. The molecule has 704 valence electrons. The minimum Gasteiger partial charge on any atom is -0.491 e. The van der Waals surface area contributed by atoms with E-state index in [-0.39, 0.29) is 34.6 Å². The molecule has 0 heterocycles. The first-order valence-corrected chi connectivity index (χ1v) is 53.4. The van der Waals surface area contributed by atoms with E-state index in [1.54, 1.807) is 147 Å². The van der Waals surface area contributed by atoms with Gasteiger partial charge in [0.15, 0.2) is 34.7 Å². The topological polar surface area (TPSA) is 27.7 Å². The van der Waals surface area contributed by atoms with Crippen molar-refractivity contribution < 1.29 is 40.6 Å². The molecule has 9 aliphatic rings. The van der Waals surface area contributed by atoms with Crippen LogP contribution in [0.4, 0.5) is 26.3 Å². The smallest absolute Gasteiger partial charge is 0.201 e. The van der Waals surface area contributed by atoms with Gasteiger partial charge in [-0.15, -0.1) is 0 Å². The van der Waals surface area contributed by atoms with E-state index < -0.39 is 34.9 Å². The summed E-state index contributed by atoms with van der Waals surface area (Å²) in [5.74, 6) is 11.7. The fraction of sp³-hybridized carbons (Fsp3) is 0.741. The van der Waals surface area contributed by atoms with Crippen LogP contribution in [0.2, 0.25) is 0 Å². The standard InChI is InChI=1S/C23H34F2O.C22H34.C20H38.C17H24F2O.C17H18F2O.C17H32/c1-3-5-16-6-8-17(9-7-16)18-10-12-19(13-11-18)20-14-15-21(26-4-2)23(25)22(20)24;1-3-4-18-7-11-20(12-8-18)22-15-13-21(14-16-22)19-9-5-17(2)6-10-19;1-3-5-6-8-18-11-15-20(16-12-18)19-13-9-17(7-4-2)10-14-19;2*1-3-5-12-6-8-13(9-7-12)14-10-11-15(20-4-2)17(19)16(14)18;1-3-5-15-8-12-17(13-9-15)16-10-6-14(4-2)7-11-16/h14-19H,3-13H2,1-2H3;5-6,9-10,18,20-22H,3-4,7-8,11-16H2,1-2H3;17-20H,3-16H2,1-2H3;10-13H,3-9H2,1-2H3;6-11H,3-5H2,1-2H3;14-17H,3-13H2,1-2H3. The van der Waals surface area contributed by atoms with Crippen molar-refractivity contribution in [1.82, 2.24) is 0 Å². The van der Waals surface area contributed by atoms with Crippen molar-refractivity contribution >= 4 is 0 Å². The Morgan fingerprint density at radius 2 is 0.536 bits per heavy atom. The predicted molar refractivity (Wildman–Crippen MR) is 519 cm³/mol. The Morgan fingerprint density at radius 1 is 0.248 bits per heavy atom. The Labute approximate surface area is 761 Å². The lowest BCUT2D eigenvalue weighted by atomic mass is 9.68. The van der Waals surface area contributed by atoms with E-state index in [2.05, 4.69) is 86.6 Å². The third-order valence-electron chi connectivity index (χ3n) is 33.0. The van der Waals surface area contributed by atoms with Gasteiger partial charge in [-0.05, 0) is 347 Å². The third-order valence-corrected chi connectivity index (χ3v) is 33.0. The van der Waals surface area contributed by atoms with Crippen molar-refractivity contribution in [3.8, 4) is 28.4 Å². The minimum atomic E-state index is -0.929. The van der Waals surface area contributed by atoms with E-state index in [4.69, 9.17) is 14.2 Å². The fourth-order valence-electron chi connectivity index (χ4n) is 25.4. The highest BCUT2D eigenvalue weighted by atomic mass is 19.2. The second-order valence-electron chi connectivity index (χ2n) is 41.4. The molecular weight excluding hydrogens is 1560 g/mol. The lowest BCUT2D eigenvalue weighted by Crippen LogP contribution is -2.25. The summed E-state index contributed by atoms with van der Waals surface area (Å²) in [5.41, 5.74) is 6.19. The van der Waals surface area contributed by atoms with Crippen molar-refractivity contribution in [3.05, 3.63) is 148 Å². The van der Waals surface area contributed by atoms with E-state index in [9.17, 15) is 26.3 Å². The van der Waals surface area contributed by atoms with E-state index in [1.807, 2.05) is 24.3 Å². The molecule has 0 aromatic heterocycles. The molecule has 0 unspecified atom stereocenters. The van der Waals surface area contributed by atoms with Gasteiger partial charge < -0.3 is 14.2 Å². The average molecular weight is 1740 g/mol. The number of hydrogen-bond donors (Lipinski definition) is 0. The van der Waals surface area contributed by atoms with Gasteiger partial charge in [0, 0.05) is 5.56 Å². The van der Waals surface area contributed by atoms with Crippen LogP contribution in [0, 0.1) is 131 Å². The van der Waals surface area contributed by atoms with Gasteiger partial charge in [0.1, 0.15) is 0 Å². The number of aryl methyl sites for hydroxylation is 2. The zero-order chi connectivity index (χ0) is 89.2. The lowest BCUT2D eigenvalue weighted by Gasteiger charge is -2.38. The summed E-state index contributed by atoms with van der Waals surface area (Å²) in [7, 11) is 0. The molecule has 9 fully saturated rings. The van der Waals surface area contributed by atoms with Gasteiger partial charge >= 0.3 is 0 Å². The first-order valence-electron chi connectivity index (χ1n) is 53.4. The van der Waals surface area contributed by atoms with Crippen LogP contribution in [-0.2, 0) is 6.42 Å². The predicted octanol–water partition coefficient (Wildman–Crippen LogP) is 37.3. The third kappa shape index (κ3) is 33.1. The van der Waals surface area contributed by atoms with Crippen LogP contribution in [0.3, 0.4) is 0 Å². The molecule has 0 bridgehead atoms. The van der Waals surface area contributed by atoms with Crippen LogP contribution in [0.15, 0.2) is 84.9 Å². The summed E-state index contributed by atoms with van der Waals surface area (Å²) >= 11 is 0. The number of ether oxygens (including phenoxy) is 3. The van der Waals surface area contributed by atoms with E-state index in [0.717, 1.165) is 146 Å². The molecule has 9 heteroatoms. The van der Waals surface area contributed by atoms with Crippen LogP contribution < -0.4 is 14.2 Å². The second kappa shape index (κ2) is 57.4. The Morgan fingerprint density at radius 3 is 0.848 bits per heavy atom. The highest BCUT2D eigenvalue weighted by Crippen LogP contribution is 2.50. The maximum Gasteiger partial charge on any atom is 0.201 e. The molecule has 0 aliphatic heterocycles. The molecule has 9 aliphatic carbocycles. The highest BCUT2D eigenvalue weighted by molar-refractivity contribution is 5.65. The number of halogens is 6. The van der Waals surface area contributed by atoms with Gasteiger partial charge in [-0.25, -0.2) is 13.2 Å². The summed E-state index contributed by atoms with van der Waals surface area (Å²) < 4.78 is 99.9. The molecule has 0 saturated heterocycles. The largest absolute Gasteiger partial charge is 0.491 e. The molecular formula is C116H180F6O3. The van der Waals surface area contributed by atoms with Crippen LogP contribution in [0.25, 0.3) is 11.1 Å². The average Bonchev–Trinajstić information content (AvgIpc) is 0.793. The Balaban J connectivity index is 0.000000171. The molecule has 0 atom stereocenters. The number of rotatable bonds is 31. The van der Waals surface area contributed by atoms with Gasteiger partial charge in [-0.3, -0.25) is 0 Å². The monoisotopic (exact) mass is 1740 g/mol. The molecule has 9 saturated carbocycles. The fourth-order valence-corrected chi connectivity index (χ4v) is 25.4. The molecule has 0 N–H and O–H groups in total. The molecule has 0 radical (unpaired) electrons. The van der Waals surface area contributed by atoms with Crippen molar-refractivity contribution in [2.45, 2.75) is 441 Å². The number of benzene rings is 5. The Hall–Kier alpha value is -4.92. The summed E-state index contributed by atoms with van der Waals surface area (Å²) in [5, 5.41) is 0. The SMILES string of the molecule is CCCC1CCC(C2CCC(CC)CC2)CC1.CCCC1CCC(C2CCC(c3ccc(C)cc3)CC2)CC1.CCCC1CCC(C2CCC(c3ccc(OCC)c(F)c3F)CC2)CC1.CCCC1CCC(c2ccc(OCC)c(F)c2F)CC1.CCCCCC1CCC(C2CCC(CCC)CC2)CC1.CCCc1ccc(-c2ccc(OCC)c(F)c2F)cc1. The van der Waals surface area contributed by atoms with Crippen molar-refractivity contribution in [3.63, 3.8) is 0 Å². The van der Waals surface area contributed by atoms with Gasteiger partial charge in [0.05, 0.1) is 19.8 Å². The van der Waals surface area contributed by atoms with Gasteiger partial charge in [0.2, 0.25) is 17.5 Å². The first kappa shape index (κ1) is 104. The van der Waals surface area contributed by atoms with Crippen molar-refractivity contribution in [1.29, 1.82) is 0 Å². The molecule has 5 aromatic carbocycles. The molecule has 5 aromatic rings. The molecule has 125 heavy (non-hydrogen) atoms. The molecule has 14 rings (SSSR count). The van der Waals surface area contributed by atoms with E-state index >= 15 is 0 Å². The van der Waals surface area contributed by atoms with E-state index in [0.29, 0.717) is 36.5 Å². The Bertz CT molecular complexity index is 3650. The van der Waals surface area contributed by atoms with E-state index in [1.165, 1.54) is 216 Å². The zero-order valence-corrected chi connectivity index (χ0v) is 81.6. The summed E-state index contributed by atoms with van der Waals surface area (Å²) in [6.45, 7) is 26.8. The normalized spacial score (nSPS) is 28.2. The molecule has 0 amide bonds. The van der Waals surface area contributed by atoms with Crippen LogP contribution in [0.5, 0.6) is 17.2 Å². The number of unbranched alkanes of at least 4 members (excludes halogenated alkanes) is 2. The first-order chi connectivity index (χ1) is 60.9. The van der Waals surface area contributed by atoms with Crippen molar-refractivity contribution in [2.24, 2.45) is 88.8 Å². The van der Waals surface area contributed by atoms with Gasteiger partial charge in [0.25, 0.3) is 0 Å². The molecule has 3 nitrogen and oxygen atoms in total. The minimum absolute atomic E-state index is 0.0217. The maximum absolute atomic E-state index is 14.5. The summed E-state index contributed by atoms with van der Waals surface area (Å²) in [6.07, 6.45) is 74.1. The maximum atomic E-state index is 14.5. The Kier molecular flexibility index (Phi) is 47.7. The zero-order valence-electron chi connectivity index (χ0n) is 81.6. The lowest BCUT2D eigenvalue weighted by molar-refractivity contribution is 0.140. The van der Waals surface area contributed by atoms with Crippen LogP contribution >= 0.6 is 0 Å².